The minimum absolute atomic E-state index is 0.279. The molecular weight excluding hydrogens is 471 g/mol. The fraction of sp³-hybridized carbons (Fsp3) is 0.133. The number of benzene rings is 4. The van der Waals surface area contributed by atoms with Crippen LogP contribution in [0, 0.1) is 5.82 Å². The highest BCUT2D eigenvalue weighted by Gasteiger charge is 2.45. The Morgan fingerprint density at radius 2 is 1.39 bits per heavy atom. The van der Waals surface area contributed by atoms with Crippen molar-refractivity contribution in [1.29, 1.82) is 0 Å². The molecule has 0 aliphatic heterocycles. The Balaban J connectivity index is 1.31. The Morgan fingerprint density at radius 1 is 0.778 bits per heavy atom. The lowest BCUT2D eigenvalue weighted by Crippen LogP contribution is -2.57. The molecular formula is C30H25FN2O2S. The number of nitrogens with one attached hydrogen (secondary N) is 2. The van der Waals surface area contributed by atoms with Crippen LogP contribution in [0.5, 0.6) is 0 Å². The third-order valence-corrected chi connectivity index (χ3v) is 7.44. The second kappa shape index (κ2) is 10.4. The molecule has 0 spiro atoms. The first-order valence-electron chi connectivity index (χ1n) is 11.7. The van der Waals surface area contributed by atoms with Gasteiger partial charge in [-0.25, -0.2) is 4.39 Å². The molecule has 0 bridgehead atoms. The molecule has 0 saturated carbocycles. The number of carbonyl (C=O) groups excluding carboxylic acids is 2. The van der Waals surface area contributed by atoms with Crippen LogP contribution in [0.3, 0.4) is 0 Å². The van der Waals surface area contributed by atoms with Crippen LogP contribution in [0.25, 0.3) is 0 Å². The van der Waals surface area contributed by atoms with Crippen molar-refractivity contribution in [2.45, 2.75) is 29.0 Å². The molecule has 4 aromatic rings. The van der Waals surface area contributed by atoms with Crippen molar-refractivity contribution in [3.8, 4) is 0 Å². The average molecular weight is 497 g/mol. The topological polar surface area (TPSA) is 58.2 Å². The van der Waals surface area contributed by atoms with E-state index >= 15 is 0 Å². The number of rotatable bonds is 7. The smallest absolute Gasteiger partial charge is 0.252 e. The number of halogens is 1. The van der Waals surface area contributed by atoms with Gasteiger partial charge >= 0.3 is 0 Å². The number of hydrogen-bond acceptors (Lipinski definition) is 3. The van der Waals surface area contributed by atoms with E-state index in [1.807, 2.05) is 66.7 Å². The summed E-state index contributed by atoms with van der Waals surface area (Å²) in [7, 11) is 0. The van der Waals surface area contributed by atoms with E-state index in [4.69, 9.17) is 0 Å². The standard InChI is InChI=1S/C30H25FN2O2S/c31-25-12-10-22(11-13-25)28(34)33-30(18-23-8-4-5-9-24(23)19-30)29(35)32-26-14-16-27(17-15-26)36-20-21-6-2-1-3-7-21/h1-17H,18-20H2,(H,32,35)(H,33,34). The molecule has 4 aromatic carbocycles. The van der Waals surface area contributed by atoms with E-state index in [-0.39, 0.29) is 5.91 Å². The molecule has 4 nitrogen and oxygen atoms in total. The number of anilines is 1. The number of carbonyl (C=O) groups is 2. The predicted molar refractivity (Wildman–Crippen MR) is 142 cm³/mol. The summed E-state index contributed by atoms with van der Waals surface area (Å²) in [5.74, 6) is -0.245. The molecule has 36 heavy (non-hydrogen) atoms. The molecule has 2 amide bonds. The van der Waals surface area contributed by atoms with Gasteiger partial charge in [-0.05, 0) is 65.2 Å². The molecule has 5 rings (SSSR count). The molecule has 1 aliphatic carbocycles. The zero-order chi connectivity index (χ0) is 25.0. The Kier molecular flexibility index (Phi) is 6.87. The van der Waals surface area contributed by atoms with Crippen molar-refractivity contribution in [3.05, 3.63) is 131 Å². The van der Waals surface area contributed by atoms with Gasteiger partial charge in [0, 0.05) is 34.7 Å². The van der Waals surface area contributed by atoms with Gasteiger partial charge in [-0.3, -0.25) is 9.59 Å². The maximum absolute atomic E-state index is 13.6. The highest BCUT2D eigenvalue weighted by molar-refractivity contribution is 7.98. The number of amides is 2. The fourth-order valence-corrected chi connectivity index (χ4v) is 5.29. The minimum Gasteiger partial charge on any atom is -0.337 e. The van der Waals surface area contributed by atoms with Gasteiger partial charge in [0.15, 0.2) is 0 Å². The van der Waals surface area contributed by atoms with Crippen LogP contribution >= 0.6 is 11.8 Å². The summed E-state index contributed by atoms with van der Waals surface area (Å²) in [5, 5.41) is 5.97. The molecule has 2 N–H and O–H groups in total. The Labute approximate surface area is 213 Å². The van der Waals surface area contributed by atoms with E-state index in [1.165, 1.54) is 29.8 Å². The van der Waals surface area contributed by atoms with Crippen molar-refractivity contribution < 1.29 is 14.0 Å². The van der Waals surface area contributed by atoms with Crippen LogP contribution in [-0.4, -0.2) is 17.4 Å². The first kappa shape index (κ1) is 23.8. The first-order valence-corrected chi connectivity index (χ1v) is 12.7. The Hall–Kier alpha value is -3.90. The fourth-order valence-electron chi connectivity index (χ4n) is 4.44. The van der Waals surface area contributed by atoms with Crippen LogP contribution in [0.4, 0.5) is 10.1 Å². The molecule has 0 aromatic heterocycles. The van der Waals surface area contributed by atoms with Gasteiger partial charge in [-0.1, -0.05) is 54.6 Å². The number of fused-ring (bicyclic) bond motifs is 1. The highest BCUT2D eigenvalue weighted by Crippen LogP contribution is 2.32. The van der Waals surface area contributed by atoms with Crippen molar-refractivity contribution in [2.75, 3.05) is 5.32 Å². The second-order valence-electron chi connectivity index (χ2n) is 8.92. The van der Waals surface area contributed by atoms with Crippen molar-refractivity contribution >= 4 is 29.3 Å². The lowest BCUT2D eigenvalue weighted by molar-refractivity contribution is -0.121. The SMILES string of the molecule is O=C(NC1(C(=O)Nc2ccc(SCc3ccccc3)cc2)Cc2ccccc2C1)c1ccc(F)cc1. The van der Waals surface area contributed by atoms with Gasteiger partial charge in [0.2, 0.25) is 0 Å². The van der Waals surface area contributed by atoms with Crippen molar-refractivity contribution in [3.63, 3.8) is 0 Å². The maximum atomic E-state index is 13.6. The first-order chi connectivity index (χ1) is 17.5. The van der Waals surface area contributed by atoms with Crippen molar-refractivity contribution in [1.82, 2.24) is 5.32 Å². The molecule has 0 saturated heterocycles. The quantitative estimate of drug-likeness (QED) is 0.308. The molecule has 0 radical (unpaired) electrons. The third kappa shape index (κ3) is 5.34. The maximum Gasteiger partial charge on any atom is 0.252 e. The van der Waals surface area contributed by atoms with Gasteiger partial charge in [-0.15, -0.1) is 11.8 Å². The van der Waals surface area contributed by atoms with Crippen LogP contribution in [0.1, 0.15) is 27.0 Å². The normalized spacial score (nSPS) is 13.6. The highest BCUT2D eigenvalue weighted by atomic mass is 32.2. The third-order valence-electron chi connectivity index (χ3n) is 6.36. The summed E-state index contributed by atoms with van der Waals surface area (Å²) < 4.78 is 13.3. The van der Waals surface area contributed by atoms with Gasteiger partial charge in [0.25, 0.3) is 11.8 Å². The lowest BCUT2D eigenvalue weighted by atomic mass is 9.93. The van der Waals surface area contributed by atoms with E-state index in [0.29, 0.717) is 24.1 Å². The largest absolute Gasteiger partial charge is 0.337 e. The van der Waals surface area contributed by atoms with E-state index < -0.39 is 17.3 Å². The molecule has 0 fully saturated rings. The predicted octanol–water partition coefficient (Wildman–Crippen LogP) is 6.02. The zero-order valence-corrected chi connectivity index (χ0v) is 20.4. The van der Waals surface area contributed by atoms with Crippen molar-refractivity contribution in [2.24, 2.45) is 0 Å². The molecule has 0 heterocycles. The summed E-state index contributed by atoms with van der Waals surface area (Å²) in [6.07, 6.45) is 0.764. The average Bonchev–Trinajstić information content (AvgIpc) is 3.28. The van der Waals surface area contributed by atoms with E-state index in [9.17, 15) is 14.0 Å². The van der Waals surface area contributed by atoms with Crippen LogP contribution < -0.4 is 10.6 Å². The number of hydrogen-bond donors (Lipinski definition) is 2. The van der Waals surface area contributed by atoms with Crippen LogP contribution in [0.15, 0.2) is 108 Å². The second-order valence-corrected chi connectivity index (χ2v) is 9.97. The summed E-state index contributed by atoms with van der Waals surface area (Å²) in [5.41, 5.74) is 3.13. The molecule has 180 valence electrons. The van der Waals surface area contributed by atoms with E-state index in [0.717, 1.165) is 21.8 Å². The Morgan fingerprint density at radius 3 is 2.03 bits per heavy atom. The minimum atomic E-state index is -1.14. The summed E-state index contributed by atoms with van der Waals surface area (Å²) in [6.45, 7) is 0. The van der Waals surface area contributed by atoms with Crippen LogP contribution in [0.2, 0.25) is 0 Å². The summed E-state index contributed by atoms with van der Waals surface area (Å²) >= 11 is 1.73. The molecule has 0 unspecified atom stereocenters. The summed E-state index contributed by atoms with van der Waals surface area (Å²) in [4.78, 5) is 27.8. The van der Waals surface area contributed by atoms with Gasteiger partial charge in [-0.2, -0.15) is 0 Å². The van der Waals surface area contributed by atoms with Gasteiger partial charge in [0.1, 0.15) is 11.4 Å². The molecule has 1 aliphatic rings. The molecule has 0 atom stereocenters. The molecule has 6 heteroatoms. The Bertz CT molecular complexity index is 1350. The van der Waals surface area contributed by atoms with E-state index in [2.05, 4.69) is 22.8 Å². The zero-order valence-electron chi connectivity index (χ0n) is 19.5. The van der Waals surface area contributed by atoms with Gasteiger partial charge < -0.3 is 10.6 Å². The summed E-state index contributed by atoms with van der Waals surface area (Å²) in [6, 6.07) is 31.1. The van der Waals surface area contributed by atoms with E-state index in [1.54, 1.807) is 11.8 Å². The lowest BCUT2D eigenvalue weighted by Gasteiger charge is -2.29. The van der Waals surface area contributed by atoms with Crippen LogP contribution in [-0.2, 0) is 23.4 Å². The monoisotopic (exact) mass is 496 g/mol. The number of thioether (sulfide) groups is 1. The van der Waals surface area contributed by atoms with Gasteiger partial charge in [0.05, 0.1) is 0 Å².